The highest BCUT2D eigenvalue weighted by Crippen LogP contribution is 2.30. The van der Waals surface area contributed by atoms with Crippen LogP contribution in [-0.4, -0.2) is 30.6 Å². The van der Waals surface area contributed by atoms with E-state index in [1.54, 1.807) is 0 Å². The molecule has 0 radical (unpaired) electrons. The summed E-state index contributed by atoms with van der Waals surface area (Å²) in [6, 6.07) is 9.13. The molecule has 1 atom stereocenters. The molecule has 3 heteroatoms. The minimum absolute atomic E-state index is 0.769. The second kappa shape index (κ2) is 6.60. The number of nitrogens with one attached hydrogen (secondary N) is 1. The van der Waals surface area contributed by atoms with Gasteiger partial charge in [0.25, 0.3) is 0 Å². The number of hydrogen-bond donors (Lipinski definition) is 1. The molecule has 0 aromatic heterocycles. The van der Waals surface area contributed by atoms with Crippen LogP contribution in [0.3, 0.4) is 0 Å². The number of nitrogens with zero attached hydrogens (tertiary/aromatic N) is 2. The molecule has 1 saturated heterocycles. The summed E-state index contributed by atoms with van der Waals surface area (Å²) in [6.07, 6.45) is 5.40. The van der Waals surface area contributed by atoms with Gasteiger partial charge in [0.15, 0.2) is 0 Å². The van der Waals surface area contributed by atoms with Crippen molar-refractivity contribution in [3.8, 4) is 6.07 Å². The maximum atomic E-state index is 8.98. The summed E-state index contributed by atoms with van der Waals surface area (Å²) in [5.41, 5.74) is 3.40. The zero-order chi connectivity index (χ0) is 14.7. The van der Waals surface area contributed by atoms with Crippen LogP contribution in [0, 0.1) is 24.2 Å². The molecule has 2 fully saturated rings. The highest BCUT2D eigenvalue weighted by atomic mass is 15.2. The van der Waals surface area contributed by atoms with Crippen molar-refractivity contribution >= 4 is 0 Å². The van der Waals surface area contributed by atoms with Crippen LogP contribution < -0.4 is 5.32 Å². The van der Waals surface area contributed by atoms with E-state index >= 15 is 0 Å². The fourth-order valence-electron chi connectivity index (χ4n) is 3.36. The fraction of sp³-hybridized carbons (Fsp3) is 0.611. The molecule has 1 saturated carbocycles. The van der Waals surface area contributed by atoms with Crippen molar-refractivity contribution in [3.63, 3.8) is 0 Å². The third-order valence-electron chi connectivity index (χ3n) is 4.80. The monoisotopic (exact) mass is 283 g/mol. The number of rotatable bonds is 5. The molecular weight excluding hydrogens is 258 g/mol. The molecule has 1 N–H and O–H groups in total. The lowest BCUT2D eigenvalue weighted by atomic mass is 9.98. The van der Waals surface area contributed by atoms with E-state index in [4.69, 9.17) is 5.26 Å². The SMILES string of the molecule is Cc1cc(C#N)ccc1CN(CC1CCCNC1)C1CC1. The molecule has 1 aromatic carbocycles. The van der Waals surface area contributed by atoms with Crippen molar-refractivity contribution < 1.29 is 0 Å². The lowest BCUT2D eigenvalue weighted by Gasteiger charge is -2.30. The summed E-state index contributed by atoms with van der Waals surface area (Å²) in [5.74, 6) is 0.804. The van der Waals surface area contributed by atoms with E-state index in [0.717, 1.165) is 24.1 Å². The molecule has 1 heterocycles. The van der Waals surface area contributed by atoms with Crippen LogP contribution in [0.4, 0.5) is 0 Å². The molecule has 0 spiro atoms. The molecule has 3 nitrogen and oxygen atoms in total. The summed E-state index contributed by atoms with van der Waals surface area (Å²) in [5, 5.41) is 12.5. The maximum Gasteiger partial charge on any atom is 0.0991 e. The molecule has 1 unspecified atom stereocenters. The van der Waals surface area contributed by atoms with Crippen molar-refractivity contribution in [1.82, 2.24) is 10.2 Å². The number of hydrogen-bond acceptors (Lipinski definition) is 3. The normalized spacial score (nSPS) is 22.2. The smallest absolute Gasteiger partial charge is 0.0991 e. The van der Waals surface area contributed by atoms with Crippen LogP contribution in [0.5, 0.6) is 0 Å². The largest absolute Gasteiger partial charge is 0.316 e. The van der Waals surface area contributed by atoms with E-state index < -0.39 is 0 Å². The molecule has 1 aliphatic carbocycles. The van der Waals surface area contributed by atoms with Crippen molar-refractivity contribution in [2.45, 2.75) is 45.2 Å². The lowest BCUT2D eigenvalue weighted by molar-refractivity contribution is 0.192. The Morgan fingerprint density at radius 3 is 2.81 bits per heavy atom. The predicted octanol–water partition coefficient (Wildman–Crippen LogP) is 2.83. The van der Waals surface area contributed by atoms with Gasteiger partial charge in [-0.05, 0) is 74.9 Å². The zero-order valence-electron chi connectivity index (χ0n) is 12.9. The second-order valence-corrected chi connectivity index (χ2v) is 6.63. The highest BCUT2D eigenvalue weighted by molar-refractivity contribution is 5.37. The number of aryl methyl sites for hydroxylation is 1. The lowest BCUT2D eigenvalue weighted by Crippen LogP contribution is -2.39. The molecule has 0 amide bonds. The van der Waals surface area contributed by atoms with Crippen molar-refractivity contribution in [2.75, 3.05) is 19.6 Å². The first-order valence-corrected chi connectivity index (χ1v) is 8.20. The summed E-state index contributed by atoms with van der Waals surface area (Å²) in [7, 11) is 0. The van der Waals surface area contributed by atoms with Crippen LogP contribution in [0.1, 0.15) is 42.4 Å². The van der Waals surface area contributed by atoms with E-state index in [0.29, 0.717) is 0 Å². The van der Waals surface area contributed by atoms with E-state index in [2.05, 4.69) is 29.3 Å². The van der Waals surface area contributed by atoms with Gasteiger partial charge in [-0.1, -0.05) is 6.07 Å². The molecule has 112 valence electrons. The molecule has 0 bridgehead atoms. The Balaban J connectivity index is 1.66. The van der Waals surface area contributed by atoms with Crippen molar-refractivity contribution in [1.29, 1.82) is 5.26 Å². The molecule has 2 aliphatic rings. The third kappa shape index (κ3) is 3.84. The Labute approximate surface area is 128 Å². The Morgan fingerprint density at radius 1 is 1.33 bits per heavy atom. The fourth-order valence-corrected chi connectivity index (χ4v) is 3.36. The highest BCUT2D eigenvalue weighted by Gasteiger charge is 2.31. The van der Waals surface area contributed by atoms with E-state index in [-0.39, 0.29) is 0 Å². The predicted molar refractivity (Wildman–Crippen MR) is 84.9 cm³/mol. The minimum Gasteiger partial charge on any atom is -0.316 e. The van der Waals surface area contributed by atoms with Crippen molar-refractivity contribution in [2.24, 2.45) is 5.92 Å². The average molecular weight is 283 g/mol. The van der Waals surface area contributed by atoms with E-state index in [9.17, 15) is 0 Å². The van der Waals surface area contributed by atoms with Gasteiger partial charge in [-0.3, -0.25) is 4.90 Å². The van der Waals surface area contributed by atoms with Crippen molar-refractivity contribution in [3.05, 3.63) is 34.9 Å². The quantitative estimate of drug-likeness (QED) is 0.903. The first-order chi connectivity index (χ1) is 10.3. The first kappa shape index (κ1) is 14.6. The molecule has 1 aliphatic heterocycles. The van der Waals surface area contributed by atoms with E-state index in [1.807, 2.05) is 12.1 Å². The Kier molecular flexibility index (Phi) is 4.57. The Bertz CT molecular complexity index is 522. The molecule has 1 aromatic rings. The minimum atomic E-state index is 0.769. The van der Waals surface area contributed by atoms with Crippen LogP contribution in [0.15, 0.2) is 18.2 Å². The first-order valence-electron chi connectivity index (χ1n) is 8.20. The number of nitriles is 1. The van der Waals surface area contributed by atoms with Gasteiger partial charge in [0.2, 0.25) is 0 Å². The second-order valence-electron chi connectivity index (χ2n) is 6.63. The summed E-state index contributed by atoms with van der Waals surface area (Å²) in [4.78, 5) is 2.67. The number of piperidine rings is 1. The Morgan fingerprint density at radius 2 is 2.19 bits per heavy atom. The van der Waals surface area contributed by atoms with Gasteiger partial charge in [0.05, 0.1) is 11.6 Å². The average Bonchev–Trinajstić information content (AvgIpc) is 3.34. The van der Waals surface area contributed by atoms with Gasteiger partial charge < -0.3 is 5.32 Å². The summed E-state index contributed by atoms with van der Waals surface area (Å²) >= 11 is 0. The summed E-state index contributed by atoms with van der Waals surface area (Å²) in [6.45, 7) is 6.75. The molecular formula is C18H25N3. The number of benzene rings is 1. The summed E-state index contributed by atoms with van der Waals surface area (Å²) < 4.78 is 0. The van der Waals surface area contributed by atoms with Gasteiger partial charge in [0.1, 0.15) is 0 Å². The van der Waals surface area contributed by atoms with Crippen LogP contribution in [-0.2, 0) is 6.54 Å². The van der Waals surface area contributed by atoms with Crippen LogP contribution in [0.2, 0.25) is 0 Å². The van der Waals surface area contributed by atoms with Gasteiger partial charge in [-0.15, -0.1) is 0 Å². The third-order valence-corrected chi connectivity index (χ3v) is 4.80. The van der Waals surface area contributed by atoms with Gasteiger partial charge in [0, 0.05) is 19.1 Å². The topological polar surface area (TPSA) is 39.1 Å². The van der Waals surface area contributed by atoms with Crippen LogP contribution >= 0.6 is 0 Å². The molecule has 21 heavy (non-hydrogen) atoms. The Hall–Kier alpha value is -1.37. The van der Waals surface area contributed by atoms with Gasteiger partial charge in [-0.25, -0.2) is 0 Å². The van der Waals surface area contributed by atoms with E-state index in [1.165, 1.54) is 56.4 Å². The zero-order valence-corrected chi connectivity index (χ0v) is 12.9. The molecule has 3 rings (SSSR count). The van der Waals surface area contributed by atoms with Gasteiger partial charge >= 0.3 is 0 Å². The maximum absolute atomic E-state index is 8.98. The van der Waals surface area contributed by atoms with Gasteiger partial charge in [-0.2, -0.15) is 5.26 Å². The van der Waals surface area contributed by atoms with Crippen LogP contribution in [0.25, 0.3) is 0 Å². The standard InChI is InChI=1S/C18H25N3/c1-14-9-15(10-19)4-5-17(14)13-21(18-6-7-18)12-16-3-2-8-20-11-16/h4-5,9,16,18,20H,2-3,6-8,11-13H2,1H3.